The molecule has 0 saturated carbocycles. The van der Waals surface area contributed by atoms with Crippen LogP contribution in [0.2, 0.25) is 0 Å². The Bertz CT molecular complexity index is 654. The largest absolute Gasteiger partial charge is 0.497 e. The van der Waals surface area contributed by atoms with Gasteiger partial charge < -0.3 is 20.5 Å². The SMILES string of the molecule is COc1ccc(NC(=O)c2cc(N)cc(Br)c2)c(OC)c1. The first-order chi connectivity index (χ1) is 10.0. The zero-order valence-corrected chi connectivity index (χ0v) is 13.2. The Morgan fingerprint density at radius 1 is 1.14 bits per heavy atom. The molecule has 2 rings (SSSR count). The van der Waals surface area contributed by atoms with Gasteiger partial charge in [0.05, 0.1) is 19.9 Å². The van der Waals surface area contributed by atoms with Gasteiger partial charge in [0.2, 0.25) is 0 Å². The molecule has 3 N–H and O–H groups in total. The van der Waals surface area contributed by atoms with Gasteiger partial charge in [0.15, 0.2) is 0 Å². The highest BCUT2D eigenvalue weighted by atomic mass is 79.9. The summed E-state index contributed by atoms with van der Waals surface area (Å²) in [5.74, 6) is 0.897. The van der Waals surface area contributed by atoms with E-state index < -0.39 is 0 Å². The van der Waals surface area contributed by atoms with Crippen LogP contribution in [-0.4, -0.2) is 20.1 Å². The fourth-order valence-corrected chi connectivity index (χ4v) is 2.35. The van der Waals surface area contributed by atoms with E-state index in [1.54, 1.807) is 43.5 Å². The normalized spacial score (nSPS) is 10.0. The second kappa shape index (κ2) is 6.49. The summed E-state index contributed by atoms with van der Waals surface area (Å²) in [6.07, 6.45) is 0. The Kier molecular flexibility index (Phi) is 4.70. The van der Waals surface area contributed by atoms with Gasteiger partial charge in [0, 0.05) is 21.8 Å². The van der Waals surface area contributed by atoms with Crippen LogP contribution < -0.4 is 20.5 Å². The lowest BCUT2D eigenvalue weighted by atomic mass is 10.2. The number of rotatable bonds is 4. The predicted molar refractivity (Wildman–Crippen MR) is 86.1 cm³/mol. The average Bonchev–Trinajstić information content (AvgIpc) is 2.46. The third kappa shape index (κ3) is 3.66. The summed E-state index contributed by atoms with van der Waals surface area (Å²) >= 11 is 3.31. The lowest BCUT2D eigenvalue weighted by Gasteiger charge is -2.12. The van der Waals surface area contributed by atoms with E-state index in [1.165, 1.54) is 7.11 Å². The molecular weight excluding hydrogens is 336 g/mol. The quantitative estimate of drug-likeness (QED) is 0.829. The molecule has 1 amide bonds. The van der Waals surface area contributed by atoms with Gasteiger partial charge in [-0.25, -0.2) is 0 Å². The number of methoxy groups -OCH3 is 2. The fraction of sp³-hybridized carbons (Fsp3) is 0.133. The number of nitrogens with two attached hydrogens (primary N) is 1. The van der Waals surface area contributed by atoms with Gasteiger partial charge in [-0.3, -0.25) is 4.79 Å². The number of benzene rings is 2. The first-order valence-corrected chi connectivity index (χ1v) is 6.92. The maximum Gasteiger partial charge on any atom is 0.255 e. The van der Waals surface area contributed by atoms with Crippen LogP contribution in [0, 0.1) is 0 Å². The molecule has 110 valence electrons. The third-order valence-corrected chi connectivity index (χ3v) is 3.30. The highest BCUT2D eigenvalue weighted by Crippen LogP contribution is 2.29. The smallest absolute Gasteiger partial charge is 0.255 e. The summed E-state index contributed by atoms with van der Waals surface area (Å²) in [6, 6.07) is 10.2. The Balaban J connectivity index is 2.26. The van der Waals surface area contributed by atoms with Gasteiger partial charge in [-0.2, -0.15) is 0 Å². The zero-order chi connectivity index (χ0) is 15.4. The van der Waals surface area contributed by atoms with E-state index in [-0.39, 0.29) is 5.91 Å². The summed E-state index contributed by atoms with van der Waals surface area (Å²) < 4.78 is 11.1. The minimum atomic E-state index is -0.272. The molecule has 0 saturated heterocycles. The van der Waals surface area contributed by atoms with Crippen molar-refractivity contribution in [2.45, 2.75) is 0 Å². The minimum absolute atomic E-state index is 0.272. The lowest BCUT2D eigenvalue weighted by Crippen LogP contribution is -2.13. The number of nitrogen functional groups attached to an aromatic ring is 1. The standard InChI is InChI=1S/C15H15BrN2O3/c1-20-12-3-4-13(14(8-12)21-2)18-15(19)9-5-10(16)7-11(17)6-9/h3-8H,17H2,1-2H3,(H,18,19). The molecule has 0 bridgehead atoms. The highest BCUT2D eigenvalue weighted by Gasteiger charge is 2.11. The second-order valence-electron chi connectivity index (χ2n) is 4.29. The van der Waals surface area contributed by atoms with E-state index in [9.17, 15) is 4.79 Å². The van der Waals surface area contributed by atoms with Crippen LogP contribution in [0.5, 0.6) is 11.5 Å². The van der Waals surface area contributed by atoms with Crippen molar-refractivity contribution >= 4 is 33.2 Å². The molecule has 0 fully saturated rings. The number of hydrogen-bond donors (Lipinski definition) is 2. The summed E-state index contributed by atoms with van der Waals surface area (Å²) in [7, 11) is 3.10. The molecule has 2 aromatic carbocycles. The van der Waals surface area contributed by atoms with Gasteiger partial charge in [0.1, 0.15) is 11.5 Å². The van der Waals surface area contributed by atoms with Crippen molar-refractivity contribution in [1.29, 1.82) is 0 Å². The first kappa shape index (κ1) is 15.2. The predicted octanol–water partition coefficient (Wildman–Crippen LogP) is 3.30. The number of carbonyl (C=O) groups is 1. The van der Waals surface area contributed by atoms with E-state index in [0.29, 0.717) is 28.4 Å². The van der Waals surface area contributed by atoms with Crippen molar-refractivity contribution in [3.8, 4) is 11.5 Å². The van der Waals surface area contributed by atoms with E-state index >= 15 is 0 Å². The number of nitrogens with one attached hydrogen (secondary N) is 1. The molecule has 0 aliphatic carbocycles. The van der Waals surface area contributed by atoms with E-state index in [4.69, 9.17) is 15.2 Å². The molecular formula is C15H15BrN2O3. The maximum atomic E-state index is 12.3. The Labute approximate surface area is 131 Å². The Morgan fingerprint density at radius 2 is 1.90 bits per heavy atom. The number of halogens is 1. The van der Waals surface area contributed by atoms with Crippen molar-refractivity contribution in [3.63, 3.8) is 0 Å². The molecule has 0 atom stereocenters. The maximum absolute atomic E-state index is 12.3. The highest BCUT2D eigenvalue weighted by molar-refractivity contribution is 9.10. The van der Waals surface area contributed by atoms with Crippen LogP contribution in [-0.2, 0) is 0 Å². The number of amides is 1. The van der Waals surface area contributed by atoms with Crippen LogP contribution in [0.15, 0.2) is 40.9 Å². The Hall–Kier alpha value is -2.21. The zero-order valence-electron chi connectivity index (χ0n) is 11.6. The molecule has 5 nitrogen and oxygen atoms in total. The monoisotopic (exact) mass is 350 g/mol. The molecule has 2 aromatic rings. The van der Waals surface area contributed by atoms with Crippen LogP contribution in [0.25, 0.3) is 0 Å². The van der Waals surface area contributed by atoms with E-state index in [1.807, 2.05) is 0 Å². The molecule has 21 heavy (non-hydrogen) atoms. The average molecular weight is 351 g/mol. The summed E-state index contributed by atoms with van der Waals surface area (Å²) in [6.45, 7) is 0. The summed E-state index contributed by atoms with van der Waals surface area (Å²) in [5.41, 5.74) is 7.26. The van der Waals surface area contributed by atoms with Crippen molar-refractivity contribution in [3.05, 3.63) is 46.4 Å². The van der Waals surface area contributed by atoms with Crippen LogP contribution in [0.3, 0.4) is 0 Å². The summed E-state index contributed by atoms with van der Waals surface area (Å²) in [4.78, 5) is 12.3. The van der Waals surface area contributed by atoms with Gasteiger partial charge in [-0.05, 0) is 30.3 Å². The van der Waals surface area contributed by atoms with Gasteiger partial charge >= 0.3 is 0 Å². The number of anilines is 2. The second-order valence-corrected chi connectivity index (χ2v) is 5.21. The molecule has 0 unspecified atom stereocenters. The number of hydrogen-bond acceptors (Lipinski definition) is 4. The molecule has 0 radical (unpaired) electrons. The van der Waals surface area contributed by atoms with E-state index in [0.717, 1.165) is 4.47 Å². The van der Waals surface area contributed by atoms with Crippen molar-refractivity contribution in [2.75, 3.05) is 25.3 Å². The molecule has 0 aliphatic rings. The first-order valence-electron chi connectivity index (χ1n) is 6.13. The van der Waals surface area contributed by atoms with Crippen molar-refractivity contribution in [2.24, 2.45) is 0 Å². The molecule has 0 heterocycles. The molecule has 0 aromatic heterocycles. The Morgan fingerprint density at radius 3 is 2.52 bits per heavy atom. The summed E-state index contributed by atoms with van der Waals surface area (Å²) in [5, 5.41) is 2.79. The molecule has 0 spiro atoms. The van der Waals surface area contributed by atoms with Crippen LogP contribution in [0.4, 0.5) is 11.4 Å². The van der Waals surface area contributed by atoms with Crippen molar-refractivity contribution in [1.82, 2.24) is 0 Å². The van der Waals surface area contributed by atoms with Crippen LogP contribution >= 0.6 is 15.9 Å². The van der Waals surface area contributed by atoms with Crippen LogP contribution in [0.1, 0.15) is 10.4 Å². The topological polar surface area (TPSA) is 73.6 Å². The van der Waals surface area contributed by atoms with Gasteiger partial charge in [-0.1, -0.05) is 15.9 Å². The minimum Gasteiger partial charge on any atom is -0.497 e. The number of carbonyl (C=O) groups excluding carboxylic acids is 1. The third-order valence-electron chi connectivity index (χ3n) is 2.84. The van der Waals surface area contributed by atoms with Crippen molar-refractivity contribution < 1.29 is 14.3 Å². The number of ether oxygens (including phenoxy) is 2. The molecule has 0 aliphatic heterocycles. The van der Waals surface area contributed by atoms with E-state index in [2.05, 4.69) is 21.2 Å². The molecule has 6 heteroatoms. The van der Waals surface area contributed by atoms with Gasteiger partial charge in [-0.15, -0.1) is 0 Å². The lowest BCUT2D eigenvalue weighted by molar-refractivity contribution is 0.102. The fourth-order valence-electron chi connectivity index (χ4n) is 1.84. The van der Waals surface area contributed by atoms with Gasteiger partial charge in [0.25, 0.3) is 5.91 Å².